The van der Waals surface area contributed by atoms with Crippen LogP contribution in [0, 0.1) is 0 Å². The molecule has 0 saturated heterocycles. The number of nitrogens with zero attached hydrogens (tertiary/aromatic N) is 2. The first-order chi connectivity index (χ1) is 24.3. The van der Waals surface area contributed by atoms with Gasteiger partial charge >= 0.3 is 0 Å². The first-order valence-electron chi connectivity index (χ1n) is 16.7. The maximum Gasteiger partial charge on any atom is 0.0602 e. The van der Waals surface area contributed by atoms with E-state index in [9.17, 15) is 0 Å². The second-order valence-electron chi connectivity index (χ2n) is 12.6. The first kappa shape index (κ1) is 28.0. The normalized spacial score (nSPS) is 12.4. The fraction of sp³-hybridized carbons (Fsp3) is 0. The van der Waals surface area contributed by atoms with Gasteiger partial charge in [-0.15, -0.1) is 0 Å². The molecule has 0 saturated carbocycles. The van der Waals surface area contributed by atoms with Crippen molar-refractivity contribution in [3.63, 3.8) is 0 Å². The zero-order valence-electron chi connectivity index (χ0n) is 26.6. The number of anilines is 3. The van der Waals surface area contributed by atoms with E-state index in [1.165, 1.54) is 81.7 Å². The SMILES string of the molecule is c1ccc(-c2ccc(-n3c4ccccc4c4cc(-c5ccc6c(c5)Sc5ccccc5N6c5ccc6ccccc6c5)ccc43)cc2)cc1. The predicted octanol–water partition coefficient (Wildman–Crippen LogP) is 13.2. The Morgan fingerprint density at radius 1 is 0.347 bits per heavy atom. The highest BCUT2D eigenvalue weighted by molar-refractivity contribution is 7.99. The molecule has 9 aromatic rings. The summed E-state index contributed by atoms with van der Waals surface area (Å²) in [6, 6.07) is 66.2. The summed E-state index contributed by atoms with van der Waals surface area (Å²) in [7, 11) is 0. The highest BCUT2D eigenvalue weighted by atomic mass is 32.2. The lowest BCUT2D eigenvalue weighted by Crippen LogP contribution is -2.14. The summed E-state index contributed by atoms with van der Waals surface area (Å²) in [6.45, 7) is 0. The zero-order valence-corrected chi connectivity index (χ0v) is 27.4. The van der Waals surface area contributed by atoms with Crippen molar-refractivity contribution < 1.29 is 0 Å². The number of fused-ring (bicyclic) bond motifs is 6. The smallest absolute Gasteiger partial charge is 0.0602 e. The van der Waals surface area contributed by atoms with Gasteiger partial charge in [0.1, 0.15) is 0 Å². The monoisotopic (exact) mass is 642 g/mol. The minimum absolute atomic E-state index is 1.16. The Bertz CT molecular complexity index is 2690. The highest BCUT2D eigenvalue weighted by Crippen LogP contribution is 2.52. The van der Waals surface area contributed by atoms with Gasteiger partial charge in [-0.25, -0.2) is 0 Å². The Hall–Kier alpha value is -6.03. The Morgan fingerprint density at radius 3 is 1.88 bits per heavy atom. The molecule has 0 aliphatic carbocycles. The highest BCUT2D eigenvalue weighted by Gasteiger charge is 2.25. The first-order valence-corrected chi connectivity index (χ1v) is 17.5. The van der Waals surface area contributed by atoms with Crippen molar-refractivity contribution in [2.24, 2.45) is 0 Å². The molecule has 8 aromatic carbocycles. The maximum atomic E-state index is 2.41. The van der Waals surface area contributed by atoms with Gasteiger partial charge in [0.15, 0.2) is 0 Å². The molecule has 10 rings (SSSR count). The van der Waals surface area contributed by atoms with Crippen molar-refractivity contribution in [1.82, 2.24) is 4.57 Å². The lowest BCUT2D eigenvalue weighted by Gasteiger charge is -2.33. The maximum absolute atomic E-state index is 2.41. The van der Waals surface area contributed by atoms with Crippen molar-refractivity contribution in [2.75, 3.05) is 4.90 Å². The number of hydrogen-bond acceptors (Lipinski definition) is 2. The van der Waals surface area contributed by atoms with Crippen LogP contribution in [0.3, 0.4) is 0 Å². The van der Waals surface area contributed by atoms with Gasteiger partial charge in [0, 0.05) is 31.9 Å². The van der Waals surface area contributed by atoms with E-state index in [-0.39, 0.29) is 0 Å². The van der Waals surface area contributed by atoms with Crippen LogP contribution in [-0.2, 0) is 0 Å². The fourth-order valence-electron chi connectivity index (χ4n) is 7.39. The van der Waals surface area contributed by atoms with Crippen LogP contribution in [0.4, 0.5) is 17.1 Å². The van der Waals surface area contributed by atoms with E-state index in [0.29, 0.717) is 0 Å². The zero-order chi connectivity index (χ0) is 32.3. The van der Waals surface area contributed by atoms with Crippen LogP contribution in [0.1, 0.15) is 0 Å². The van der Waals surface area contributed by atoms with E-state index >= 15 is 0 Å². The van der Waals surface area contributed by atoms with Crippen molar-refractivity contribution >= 4 is 61.4 Å². The third-order valence-corrected chi connectivity index (χ3v) is 10.9. The van der Waals surface area contributed by atoms with Gasteiger partial charge in [-0.3, -0.25) is 0 Å². The molecular formula is C46H30N2S. The summed E-state index contributed by atoms with van der Waals surface area (Å²) in [5.74, 6) is 0. The molecule has 0 N–H and O–H groups in total. The average Bonchev–Trinajstić information content (AvgIpc) is 3.50. The molecule has 2 heterocycles. The van der Waals surface area contributed by atoms with Crippen molar-refractivity contribution in [1.29, 1.82) is 0 Å². The topological polar surface area (TPSA) is 8.17 Å². The molecule has 0 atom stereocenters. The Balaban J connectivity index is 1.08. The van der Waals surface area contributed by atoms with Gasteiger partial charge < -0.3 is 9.47 Å². The summed E-state index contributed by atoms with van der Waals surface area (Å²) in [5.41, 5.74) is 12.1. The number of aromatic nitrogens is 1. The van der Waals surface area contributed by atoms with Crippen molar-refractivity contribution in [2.45, 2.75) is 9.79 Å². The van der Waals surface area contributed by atoms with Gasteiger partial charge in [-0.05, 0) is 99.8 Å². The van der Waals surface area contributed by atoms with Crippen LogP contribution >= 0.6 is 11.8 Å². The molecular weight excluding hydrogens is 613 g/mol. The lowest BCUT2D eigenvalue weighted by molar-refractivity contribution is 1.17. The molecule has 0 bridgehead atoms. The van der Waals surface area contributed by atoms with Crippen LogP contribution < -0.4 is 4.90 Å². The number of rotatable bonds is 4. The Labute approximate surface area is 289 Å². The standard InChI is InChI=1S/C46H30N2S/c1-2-10-31(11-3-1)33-18-23-37(24-19-33)47-41-15-7-6-14-39(41)40-29-35(21-26-42(40)47)36-22-27-44-46(30-36)49-45-17-9-8-16-43(45)48(44)38-25-20-32-12-4-5-13-34(32)28-38/h1-30H. The molecule has 230 valence electrons. The van der Waals surface area contributed by atoms with E-state index in [1.807, 2.05) is 11.8 Å². The largest absolute Gasteiger partial charge is 0.309 e. The van der Waals surface area contributed by atoms with E-state index < -0.39 is 0 Å². The van der Waals surface area contributed by atoms with E-state index in [2.05, 4.69) is 191 Å². The van der Waals surface area contributed by atoms with Crippen LogP contribution in [0.25, 0.3) is 60.5 Å². The predicted molar refractivity (Wildman–Crippen MR) is 208 cm³/mol. The third-order valence-electron chi connectivity index (χ3n) is 9.76. The minimum Gasteiger partial charge on any atom is -0.309 e. The summed E-state index contributed by atoms with van der Waals surface area (Å²) in [5, 5.41) is 5.01. The van der Waals surface area contributed by atoms with Crippen LogP contribution in [0.15, 0.2) is 192 Å². The molecule has 1 aromatic heterocycles. The van der Waals surface area contributed by atoms with Gasteiger partial charge in [-0.2, -0.15) is 0 Å². The molecule has 1 aliphatic rings. The second-order valence-corrected chi connectivity index (χ2v) is 13.7. The fourth-order valence-corrected chi connectivity index (χ4v) is 8.49. The Morgan fingerprint density at radius 2 is 0.980 bits per heavy atom. The molecule has 0 radical (unpaired) electrons. The van der Waals surface area contributed by atoms with Gasteiger partial charge in [0.25, 0.3) is 0 Å². The summed E-state index contributed by atoms with van der Waals surface area (Å²) >= 11 is 1.85. The molecule has 0 unspecified atom stereocenters. The molecule has 1 aliphatic heterocycles. The van der Waals surface area contributed by atoms with Gasteiger partial charge in [-0.1, -0.05) is 127 Å². The van der Waals surface area contributed by atoms with Crippen molar-refractivity contribution in [3.8, 4) is 27.9 Å². The van der Waals surface area contributed by atoms with Crippen molar-refractivity contribution in [3.05, 3.63) is 182 Å². The quantitative estimate of drug-likeness (QED) is 0.189. The van der Waals surface area contributed by atoms with Gasteiger partial charge in [0.05, 0.1) is 22.4 Å². The number of para-hydroxylation sites is 2. The molecule has 0 fully saturated rings. The van der Waals surface area contributed by atoms with Crippen LogP contribution in [0.5, 0.6) is 0 Å². The van der Waals surface area contributed by atoms with E-state index in [1.54, 1.807) is 0 Å². The van der Waals surface area contributed by atoms with Crippen LogP contribution in [-0.4, -0.2) is 4.57 Å². The molecule has 49 heavy (non-hydrogen) atoms. The molecule has 0 amide bonds. The minimum atomic E-state index is 1.16. The summed E-state index contributed by atoms with van der Waals surface area (Å²) in [6.07, 6.45) is 0. The Kier molecular flexibility index (Phi) is 6.46. The molecule has 0 spiro atoms. The summed E-state index contributed by atoms with van der Waals surface area (Å²) < 4.78 is 2.39. The molecule has 3 heteroatoms. The van der Waals surface area contributed by atoms with E-state index in [0.717, 1.165) is 5.69 Å². The number of benzene rings is 8. The average molecular weight is 643 g/mol. The van der Waals surface area contributed by atoms with E-state index in [4.69, 9.17) is 0 Å². The number of hydrogen-bond donors (Lipinski definition) is 0. The lowest BCUT2D eigenvalue weighted by atomic mass is 10.0. The van der Waals surface area contributed by atoms with Gasteiger partial charge in [0.2, 0.25) is 0 Å². The van der Waals surface area contributed by atoms with Crippen LogP contribution in [0.2, 0.25) is 0 Å². The second kappa shape index (κ2) is 11.3. The third kappa shape index (κ3) is 4.66. The molecule has 2 nitrogen and oxygen atoms in total. The summed E-state index contributed by atoms with van der Waals surface area (Å²) in [4.78, 5) is 4.93.